The first-order chi connectivity index (χ1) is 17.2. The Bertz CT molecular complexity index is 1430. The normalized spacial score (nSPS) is 11.4. The van der Waals surface area contributed by atoms with Gasteiger partial charge < -0.3 is 9.88 Å². The second-order valence-electron chi connectivity index (χ2n) is 8.61. The van der Waals surface area contributed by atoms with Gasteiger partial charge in [0.15, 0.2) is 0 Å². The number of carbonyl (C=O) groups excluding carboxylic acids is 1. The minimum Gasteiger partial charge on any atom is -0.337 e. The Labute approximate surface area is 216 Å². The van der Waals surface area contributed by atoms with Gasteiger partial charge in [-0.3, -0.25) is 0 Å². The highest BCUT2D eigenvalue weighted by Gasteiger charge is 2.17. The van der Waals surface area contributed by atoms with Gasteiger partial charge in [0.25, 0.3) is 10.0 Å². The van der Waals surface area contributed by atoms with E-state index in [-0.39, 0.29) is 17.4 Å². The second-order valence-corrected chi connectivity index (χ2v) is 10.7. The Hall–Kier alpha value is -3.62. The van der Waals surface area contributed by atoms with Crippen molar-refractivity contribution in [1.29, 1.82) is 0 Å². The van der Waals surface area contributed by atoms with Gasteiger partial charge in [0, 0.05) is 34.9 Å². The number of sulfonamides is 1. The number of benzene rings is 3. The molecule has 0 spiro atoms. The SMILES string of the molecule is CC(C)c1nc(-c2ccccc2)cn1-c1ccc(CCNC(=O)NS(=O)(=O)c2ccc(Cl)cc2)cc1. The van der Waals surface area contributed by atoms with Crippen LogP contribution >= 0.6 is 11.6 Å². The lowest BCUT2D eigenvalue weighted by atomic mass is 10.1. The molecule has 0 aliphatic heterocycles. The quantitative estimate of drug-likeness (QED) is 0.317. The maximum atomic E-state index is 12.3. The zero-order chi connectivity index (χ0) is 25.7. The molecule has 2 amide bonds. The van der Waals surface area contributed by atoms with Crippen molar-refractivity contribution < 1.29 is 13.2 Å². The van der Waals surface area contributed by atoms with E-state index in [0.717, 1.165) is 28.3 Å². The standard InChI is InChI=1S/C27H27ClN4O3S/c1-19(2)26-30-25(21-6-4-3-5-7-21)18-32(26)23-12-8-20(9-13-23)16-17-29-27(33)31-36(34,35)24-14-10-22(28)11-15-24/h3-15,18-19H,16-17H2,1-2H3,(H2,29,31,33). The second kappa shape index (κ2) is 11.0. The predicted octanol–water partition coefficient (Wildman–Crippen LogP) is 5.55. The van der Waals surface area contributed by atoms with Gasteiger partial charge in [0.1, 0.15) is 5.82 Å². The van der Waals surface area contributed by atoms with Gasteiger partial charge in [-0.15, -0.1) is 0 Å². The molecule has 0 aliphatic carbocycles. The number of amides is 2. The lowest BCUT2D eigenvalue weighted by Crippen LogP contribution is -2.40. The van der Waals surface area contributed by atoms with Crippen LogP contribution in [0.5, 0.6) is 0 Å². The summed E-state index contributed by atoms with van der Waals surface area (Å²) in [5.41, 5.74) is 4.00. The molecule has 0 saturated carbocycles. The summed E-state index contributed by atoms with van der Waals surface area (Å²) < 4.78 is 28.7. The molecule has 2 N–H and O–H groups in total. The molecule has 0 unspecified atom stereocenters. The van der Waals surface area contributed by atoms with Crippen molar-refractivity contribution in [2.75, 3.05) is 6.54 Å². The van der Waals surface area contributed by atoms with Crippen LogP contribution in [0, 0.1) is 0 Å². The largest absolute Gasteiger partial charge is 0.337 e. The van der Waals surface area contributed by atoms with E-state index in [1.807, 2.05) is 65.5 Å². The fraction of sp³-hybridized carbons (Fsp3) is 0.185. The Kier molecular flexibility index (Phi) is 7.76. The van der Waals surface area contributed by atoms with Crippen LogP contribution in [0.2, 0.25) is 5.02 Å². The van der Waals surface area contributed by atoms with Crippen molar-refractivity contribution in [3.63, 3.8) is 0 Å². The number of hydrogen-bond acceptors (Lipinski definition) is 4. The highest BCUT2D eigenvalue weighted by Crippen LogP contribution is 2.25. The van der Waals surface area contributed by atoms with Gasteiger partial charge in [0.2, 0.25) is 0 Å². The number of aromatic nitrogens is 2. The number of nitrogens with one attached hydrogen (secondary N) is 2. The number of hydrogen-bond donors (Lipinski definition) is 2. The summed E-state index contributed by atoms with van der Waals surface area (Å²) in [6.07, 6.45) is 2.59. The van der Waals surface area contributed by atoms with Crippen LogP contribution in [0.4, 0.5) is 4.79 Å². The predicted molar refractivity (Wildman–Crippen MR) is 142 cm³/mol. The maximum absolute atomic E-state index is 12.3. The highest BCUT2D eigenvalue weighted by atomic mass is 35.5. The zero-order valence-electron chi connectivity index (χ0n) is 20.0. The molecule has 0 fully saturated rings. The molecule has 186 valence electrons. The zero-order valence-corrected chi connectivity index (χ0v) is 21.6. The summed E-state index contributed by atoms with van der Waals surface area (Å²) in [6, 6.07) is 22.9. The average Bonchev–Trinajstić information content (AvgIpc) is 3.31. The van der Waals surface area contributed by atoms with Gasteiger partial charge in [-0.25, -0.2) is 22.9 Å². The van der Waals surface area contributed by atoms with E-state index in [1.165, 1.54) is 24.3 Å². The summed E-state index contributed by atoms with van der Waals surface area (Å²) in [4.78, 5) is 16.9. The first-order valence-corrected chi connectivity index (χ1v) is 13.4. The maximum Gasteiger partial charge on any atom is 0.328 e. The van der Waals surface area contributed by atoms with Crippen LogP contribution < -0.4 is 10.0 Å². The molecule has 0 aliphatic rings. The number of nitrogens with zero attached hydrogens (tertiary/aromatic N) is 2. The van der Waals surface area contributed by atoms with E-state index >= 15 is 0 Å². The van der Waals surface area contributed by atoms with Gasteiger partial charge in [-0.1, -0.05) is 67.9 Å². The van der Waals surface area contributed by atoms with E-state index in [0.29, 0.717) is 11.4 Å². The third-order valence-corrected chi connectivity index (χ3v) is 7.18. The van der Waals surface area contributed by atoms with Crippen LogP contribution in [0.25, 0.3) is 16.9 Å². The summed E-state index contributed by atoms with van der Waals surface area (Å²) in [7, 11) is -3.97. The molecule has 0 saturated heterocycles. The number of rotatable bonds is 8. The fourth-order valence-electron chi connectivity index (χ4n) is 3.73. The Morgan fingerprint density at radius 2 is 1.64 bits per heavy atom. The van der Waals surface area contributed by atoms with Crippen molar-refractivity contribution in [2.45, 2.75) is 31.1 Å². The van der Waals surface area contributed by atoms with E-state index in [2.05, 4.69) is 23.7 Å². The van der Waals surface area contributed by atoms with Crippen LogP contribution in [-0.4, -0.2) is 30.5 Å². The molecule has 7 nitrogen and oxygen atoms in total. The molecule has 36 heavy (non-hydrogen) atoms. The monoisotopic (exact) mass is 522 g/mol. The van der Waals surface area contributed by atoms with Crippen LogP contribution in [-0.2, 0) is 16.4 Å². The number of carbonyl (C=O) groups is 1. The van der Waals surface area contributed by atoms with Crippen LogP contribution in [0.3, 0.4) is 0 Å². The van der Waals surface area contributed by atoms with E-state index in [9.17, 15) is 13.2 Å². The molecule has 0 bridgehead atoms. The van der Waals surface area contributed by atoms with Gasteiger partial charge in [-0.05, 0) is 48.4 Å². The minimum atomic E-state index is -3.97. The van der Waals surface area contributed by atoms with Crippen molar-refractivity contribution in [3.05, 3.63) is 101 Å². The number of urea groups is 1. The molecule has 1 aromatic heterocycles. The summed E-state index contributed by atoms with van der Waals surface area (Å²) in [5, 5.41) is 3.00. The first-order valence-electron chi connectivity index (χ1n) is 11.5. The molecule has 3 aromatic carbocycles. The van der Waals surface area contributed by atoms with Crippen molar-refractivity contribution in [2.24, 2.45) is 0 Å². The topological polar surface area (TPSA) is 93.1 Å². The van der Waals surface area contributed by atoms with E-state index < -0.39 is 16.1 Å². The summed E-state index contributed by atoms with van der Waals surface area (Å²) in [6.45, 7) is 4.51. The molecule has 0 atom stereocenters. The smallest absolute Gasteiger partial charge is 0.328 e. The van der Waals surface area contributed by atoms with Crippen molar-refractivity contribution in [1.82, 2.24) is 19.6 Å². The lowest BCUT2D eigenvalue weighted by molar-refractivity contribution is 0.246. The molecular formula is C27H27ClN4O3S. The minimum absolute atomic E-state index is 0.0340. The average molecular weight is 523 g/mol. The van der Waals surface area contributed by atoms with Crippen LogP contribution in [0.1, 0.15) is 31.2 Å². The molecular weight excluding hydrogens is 496 g/mol. The molecule has 0 radical (unpaired) electrons. The highest BCUT2D eigenvalue weighted by molar-refractivity contribution is 7.90. The third-order valence-electron chi connectivity index (χ3n) is 5.58. The van der Waals surface area contributed by atoms with Crippen molar-refractivity contribution in [3.8, 4) is 16.9 Å². The summed E-state index contributed by atoms with van der Waals surface area (Å²) in [5.74, 6) is 1.22. The Balaban J connectivity index is 1.37. The number of halogens is 1. The van der Waals surface area contributed by atoms with Gasteiger partial charge in [-0.2, -0.15) is 0 Å². The van der Waals surface area contributed by atoms with Gasteiger partial charge >= 0.3 is 6.03 Å². The molecule has 9 heteroatoms. The lowest BCUT2D eigenvalue weighted by Gasteiger charge is -2.11. The van der Waals surface area contributed by atoms with E-state index in [4.69, 9.17) is 16.6 Å². The third kappa shape index (κ3) is 6.13. The van der Waals surface area contributed by atoms with Crippen molar-refractivity contribution >= 4 is 27.7 Å². The summed E-state index contributed by atoms with van der Waals surface area (Å²) >= 11 is 5.79. The Morgan fingerprint density at radius 1 is 0.972 bits per heavy atom. The first kappa shape index (κ1) is 25.5. The molecule has 4 aromatic rings. The Morgan fingerprint density at radius 3 is 2.28 bits per heavy atom. The molecule has 1 heterocycles. The number of imidazole rings is 1. The molecule has 4 rings (SSSR count). The fourth-order valence-corrected chi connectivity index (χ4v) is 4.79. The van der Waals surface area contributed by atoms with E-state index in [1.54, 1.807) is 0 Å². The van der Waals surface area contributed by atoms with Crippen LogP contribution in [0.15, 0.2) is 90.0 Å². The van der Waals surface area contributed by atoms with Gasteiger partial charge in [0.05, 0.1) is 10.6 Å².